The van der Waals surface area contributed by atoms with E-state index in [0.717, 1.165) is 0 Å². The van der Waals surface area contributed by atoms with Crippen molar-refractivity contribution in [1.29, 1.82) is 0 Å². The summed E-state index contributed by atoms with van der Waals surface area (Å²) >= 11 is 1.59. The maximum atomic E-state index is 13.2. The van der Waals surface area contributed by atoms with Crippen molar-refractivity contribution >= 4 is 23.6 Å². The zero-order valence-electron chi connectivity index (χ0n) is 16.7. The highest BCUT2D eigenvalue weighted by molar-refractivity contribution is 7.99. The van der Waals surface area contributed by atoms with Crippen molar-refractivity contribution in [3.05, 3.63) is 23.8 Å². The first kappa shape index (κ1) is 20.3. The Balaban J connectivity index is 1.46. The lowest BCUT2D eigenvalue weighted by molar-refractivity contribution is -0.188. The van der Waals surface area contributed by atoms with Crippen molar-refractivity contribution in [2.24, 2.45) is 0 Å². The Morgan fingerprint density at radius 3 is 2.28 bits per heavy atom. The first-order valence-electron chi connectivity index (χ1n) is 9.74. The van der Waals surface area contributed by atoms with Gasteiger partial charge in [0.25, 0.3) is 5.91 Å². The summed E-state index contributed by atoms with van der Waals surface area (Å²) in [6.07, 6.45) is 1.33. The second kappa shape index (κ2) is 8.41. The van der Waals surface area contributed by atoms with Crippen LogP contribution in [0.25, 0.3) is 0 Å². The number of likely N-dealkylation sites (tertiary alicyclic amines) is 1. The zero-order chi connectivity index (χ0) is 20.4. The predicted molar refractivity (Wildman–Crippen MR) is 107 cm³/mol. The fraction of sp³-hybridized carbons (Fsp3) is 0.600. The van der Waals surface area contributed by atoms with Gasteiger partial charge in [-0.3, -0.25) is 9.59 Å². The van der Waals surface area contributed by atoms with Gasteiger partial charge in [0.15, 0.2) is 5.79 Å². The molecule has 3 fully saturated rings. The molecule has 8 nitrogen and oxygen atoms in total. The number of benzene rings is 1. The molecule has 1 spiro atoms. The fourth-order valence-electron chi connectivity index (χ4n) is 4.01. The number of carbonyl (C=O) groups is 2. The maximum Gasteiger partial charge on any atom is 0.255 e. The van der Waals surface area contributed by atoms with Crippen molar-refractivity contribution < 1.29 is 28.5 Å². The number of carbonyl (C=O) groups excluding carboxylic acids is 2. The van der Waals surface area contributed by atoms with Gasteiger partial charge in [-0.25, -0.2) is 0 Å². The Labute approximate surface area is 174 Å². The van der Waals surface area contributed by atoms with Gasteiger partial charge in [0.05, 0.1) is 33.3 Å². The summed E-state index contributed by atoms with van der Waals surface area (Å²) < 4.78 is 22.0. The molecule has 4 rings (SSSR count). The molecule has 3 saturated heterocycles. The monoisotopic (exact) mass is 422 g/mol. The first-order chi connectivity index (χ1) is 14.0. The van der Waals surface area contributed by atoms with Crippen LogP contribution in [-0.4, -0.2) is 85.6 Å². The number of piperidine rings is 1. The number of hydrogen-bond donors (Lipinski definition) is 0. The van der Waals surface area contributed by atoms with Gasteiger partial charge in [-0.1, -0.05) is 0 Å². The van der Waals surface area contributed by atoms with Crippen LogP contribution in [0.2, 0.25) is 0 Å². The molecule has 1 unspecified atom stereocenters. The Bertz CT molecular complexity index is 750. The van der Waals surface area contributed by atoms with Crippen LogP contribution in [0.15, 0.2) is 18.2 Å². The standard InChI is InChI=1S/C20H26N2O6S/c1-25-15-9-14(10-16(11-15)26-2)18(23)22-13-29-12-17(22)19(24)21-5-3-20(4-6-21)27-7-8-28-20/h9-11,17H,3-8,12-13H2,1-2H3. The molecule has 1 atom stereocenters. The number of amides is 2. The first-order valence-corrected chi connectivity index (χ1v) is 10.9. The molecule has 3 heterocycles. The smallest absolute Gasteiger partial charge is 0.255 e. The lowest BCUT2D eigenvalue weighted by atomic mass is 10.0. The minimum Gasteiger partial charge on any atom is -0.497 e. The van der Waals surface area contributed by atoms with E-state index in [1.807, 2.05) is 4.90 Å². The quantitative estimate of drug-likeness (QED) is 0.729. The third kappa shape index (κ3) is 4.04. The molecular weight excluding hydrogens is 396 g/mol. The maximum absolute atomic E-state index is 13.2. The molecule has 2 amide bonds. The largest absolute Gasteiger partial charge is 0.497 e. The SMILES string of the molecule is COc1cc(OC)cc(C(=O)N2CSCC2C(=O)N2CCC3(CC2)OCCO3)c1. The van der Waals surface area contributed by atoms with E-state index < -0.39 is 11.8 Å². The molecule has 0 N–H and O–H groups in total. The second-order valence-corrected chi connectivity index (χ2v) is 8.32. The third-order valence-corrected chi connectivity index (χ3v) is 6.69. The predicted octanol–water partition coefficient (Wildman–Crippen LogP) is 1.58. The minimum atomic E-state index is -0.520. The topological polar surface area (TPSA) is 77.5 Å². The summed E-state index contributed by atoms with van der Waals surface area (Å²) in [5.74, 6) is 1.45. The molecule has 3 aliphatic heterocycles. The second-order valence-electron chi connectivity index (χ2n) is 7.32. The average Bonchev–Trinajstić information content (AvgIpc) is 3.43. The van der Waals surface area contributed by atoms with Gasteiger partial charge >= 0.3 is 0 Å². The summed E-state index contributed by atoms with van der Waals surface area (Å²) in [5, 5.41) is 0. The van der Waals surface area contributed by atoms with Gasteiger partial charge in [0.2, 0.25) is 5.91 Å². The summed E-state index contributed by atoms with van der Waals surface area (Å²) in [6, 6.07) is 4.60. The number of nitrogens with zero attached hydrogens (tertiary/aromatic N) is 2. The van der Waals surface area contributed by atoms with Crippen LogP contribution < -0.4 is 9.47 Å². The molecule has 9 heteroatoms. The number of hydrogen-bond acceptors (Lipinski definition) is 7. The molecule has 0 saturated carbocycles. The molecule has 1 aromatic rings. The molecule has 0 aliphatic carbocycles. The van der Waals surface area contributed by atoms with Crippen molar-refractivity contribution in [3.8, 4) is 11.5 Å². The highest BCUT2D eigenvalue weighted by atomic mass is 32.2. The van der Waals surface area contributed by atoms with Gasteiger partial charge in [-0.05, 0) is 12.1 Å². The summed E-state index contributed by atoms with van der Waals surface area (Å²) in [5.41, 5.74) is 0.451. The molecule has 0 aromatic heterocycles. The fourth-order valence-corrected chi connectivity index (χ4v) is 5.15. The van der Waals surface area contributed by atoms with E-state index in [0.29, 0.717) is 67.8 Å². The molecule has 0 radical (unpaired) electrons. The van der Waals surface area contributed by atoms with Gasteiger partial charge < -0.3 is 28.7 Å². The van der Waals surface area contributed by atoms with Crippen molar-refractivity contribution in [2.45, 2.75) is 24.7 Å². The van der Waals surface area contributed by atoms with E-state index >= 15 is 0 Å². The van der Waals surface area contributed by atoms with Crippen molar-refractivity contribution in [2.75, 3.05) is 52.2 Å². The van der Waals surface area contributed by atoms with Crippen molar-refractivity contribution in [3.63, 3.8) is 0 Å². The molecule has 3 aliphatic rings. The number of thioether (sulfide) groups is 1. The summed E-state index contributed by atoms with van der Waals surface area (Å²) in [7, 11) is 3.09. The Morgan fingerprint density at radius 1 is 1.07 bits per heavy atom. The summed E-state index contributed by atoms with van der Waals surface area (Å²) in [4.78, 5) is 29.8. The average molecular weight is 423 g/mol. The minimum absolute atomic E-state index is 0.00828. The Hall–Kier alpha value is -1.97. The zero-order valence-corrected chi connectivity index (χ0v) is 17.5. The van der Waals surface area contributed by atoms with Crippen molar-refractivity contribution in [1.82, 2.24) is 9.80 Å². The molecule has 29 heavy (non-hydrogen) atoms. The lowest BCUT2D eigenvalue weighted by Crippen LogP contribution is -2.54. The highest BCUT2D eigenvalue weighted by Gasteiger charge is 2.44. The van der Waals surface area contributed by atoms with Crippen LogP contribution in [0.4, 0.5) is 0 Å². The number of rotatable bonds is 4. The molecule has 0 bridgehead atoms. The Morgan fingerprint density at radius 2 is 1.69 bits per heavy atom. The molecular formula is C20H26N2O6S. The van der Waals surface area contributed by atoms with Gasteiger partial charge in [0.1, 0.15) is 17.5 Å². The van der Waals surface area contributed by atoms with E-state index in [1.54, 1.807) is 49.1 Å². The lowest BCUT2D eigenvalue weighted by Gasteiger charge is -2.39. The van der Waals surface area contributed by atoms with Crippen LogP contribution >= 0.6 is 11.8 Å². The highest BCUT2D eigenvalue weighted by Crippen LogP contribution is 2.33. The van der Waals surface area contributed by atoms with Crippen LogP contribution in [0.1, 0.15) is 23.2 Å². The van der Waals surface area contributed by atoms with Gasteiger partial charge in [-0.2, -0.15) is 0 Å². The number of ether oxygens (including phenoxy) is 4. The molecule has 1 aromatic carbocycles. The third-order valence-electron chi connectivity index (χ3n) is 5.68. The van der Waals surface area contributed by atoms with Gasteiger partial charge in [-0.15, -0.1) is 11.8 Å². The summed E-state index contributed by atoms with van der Waals surface area (Å²) in [6.45, 7) is 2.38. The molecule has 158 valence electrons. The van der Waals surface area contributed by atoms with Crippen LogP contribution in [-0.2, 0) is 14.3 Å². The van der Waals surface area contributed by atoms with E-state index in [2.05, 4.69) is 0 Å². The van der Waals surface area contributed by atoms with E-state index in [1.165, 1.54) is 0 Å². The normalized spacial score (nSPS) is 23.4. The van der Waals surface area contributed by atoms with Crippen LogP contribution in [0.3, 0.4) is 0 Å². The van der Waals surface area contributed by atoms with E-state index in [-0.39, 0.29) is 11.8 Å². The van der Waals surface area contributed by atoms with E-state index in [9.17, 15) is 9.59 Å². The Kier molecular flexibility index (Phi) is 5.89. The van der Waals surface area contributed by atoms with E-state index in [4.69, 9.17) is 18.9 Å². The van der Waals surface area contributed by atoms with Crippen LogP contribution in [0, 0.1) is 0 Å². The number of methoxy groups -OCH3 is 2. The van der Waals surface area contributed by atoms with Crippen LogP contribution in [0.5, 0.6) is 11.5 Å². The van der Waals surface area contributed by atoms with Gasteiger partial charge in [0, 0.05) is 43.3 Å².